The van der Waals surface area contributed by atoms with Crippen molar-refractivity contribution in [3.8, 4) is 0 Å². The predicted octanol–water partition coefficient (Wildman–Crippen LogP) is 5.36. The number of rotatable bonds is 13. The van der Waals surface area contributed by atoms with Crippen LogP contribution < -0.4 is 0 Å². The van der Waals surface area contributed by atoms with E-state index >= 15 is 0 Å². The molecule has 0 aromatic rings. The number of hydroxylamine groups is 2. The van der Waals surface area contributed by atoms with E-state index in [4.69, 9.17) is 4.62 Å². The molecule has 0 aromatic heterocycles. The van der Waals surface area contributed by atoms with Gasteiger partial charge in [0.05, 0.1) is 0 Å². The Labute approximate surface area is 134 Å². The molecule has 0 N–H and O–H groups in total. The molecule has 0 aliphatic heterocycles. The van der Waals surface area contributed by atoms with Crippen LogP contribution in [-0.4, -0.2) is 17.5 Å². The lowest BCUT2D eigenvalue weighted by Crippen LogP contribution is -2.29. The van der Waals surface area contributed by atoms with Crippen molar-refractivity contribution in [3.63, 3.8) is 0 Å². The molecule has 0 rings (SSSR count). The number of unbranched alkanes of at least 4 members (excludes halogenated alkanes) is 4. The summed E-state index contributed by atoms with van der Waals surface area (Å²) in [4.78, 5) is 12.0. The van der Waals surface area contributed by atoms with E-state index in [9.17, 15) is 4.79 Å². The molecule has 0 saturated heterocycles. The van der Waals surface area contributed by atoms with Gasteiger partial charge in [-0.1, -0.05) is 66.2 Å². The van der Waals surface area contributed by atoms with Gasteiger partial charge < -0.3 is 0 Å². The van der Waals surface area contributed by atoms with E-state index in [1.807, 2.05) is 0 Å². The Balaban J connectivity index is 3.66. The quantitative estimate of drug-likeness (QED) is 0.260. The minimum Gasteiger partial charge on any atom is -0.273 e. The summed E-state index contributed by atoms with van der Waals surface area (Å²) in [6.45, 7) is 9.71. The molecule has 0 spiro atoms. The molecule has 1 amide bonds. The molecule has 21 heavy (non-hydrogen) atoms. The molecule has 1 atom stereocenters. The van der Waals surface area contributed by atoms with Crippen LogP contribution >= 0.6 is 9.47 Å². The van der Waals surface area contributed by atoms with Crippen molar-refractivity contribution in [2.45, 2.75) is 85.5 Å². The van der Waals surface area contributed by atoms with E-state index in [1.165, 1.54) is 37.2 Å². The number of carbonyl (C=O) groups excluding carboxylic acids is 1. The van der Waals surface area contributed by atoms with Crippen LogP contribution in [0.2, 0.25) is 0 Å². The molecule has 0 heterocycles. The minimum atomic E-state index is 0.124. The van der Waals surface area contributed by atoms with Gasteiger partial charge in [0.25, 0.3) is 0 Å². The molecule has 3 nitrogen and oxygen atoms in total. The molecule has 0 aliphatic rings. The van der Waals surface area contributed by atoms with Crippen molar-refractivity contribution in [2.24, 2.45) is 11.8 Å². The van der Waals surface area contributed by atoms with Gasteiger partial charge in [-0.3, -0.25) is 9.42 Å². The fraction of sp³-hybridized carbons (Fsp3) is 0.941. The zero-order valence-electron chi connectivity index (χ0n) is 14.6. The first-order valence-corrected chi connectivity index (χ1v) is 9.11. The minimum absolute atomic E-state index is 0.124. The maximum atomic E-state index is 12.0. The van der Waals surface area contributed by atoms with Crippen LogP contribution in [0, 0.1) is 11.8 Å². The summed E-state index contributed by atoms with van der Waals surface area (Å²) in [7, 11) is 2.20. The lowest BCUT2D eigenvalue weighted by atomic mass is 10.0. The maximum absolute atomic E-state index is 12.0. The van der Waals surface area contributed by atoms with E-state index < -0.39 is 0 Å². The number of carbonyl (C=O) groups is 1. The Morgan fingerprint density at radius 1 is 0.905 bits per heavy atom. The Hall–Kier alpha value is -0.140. The summed E-state index contributed by atoms with van der Waals surface area (Å²) in [6, 6.07) is 0. The number of hydrogen-bond acceptors (Lipinski definition) is 2. The van der Waals surface area contributed by atoms with Gasteiger partial charge in [0.15, 0.2) is 0 Å². The van der Waals surface area contributed by atoms with Gasteiger partial charge in [-0.25, -0.2) is 5.06 Å². The third-order valence-corrected chi connectivity index (χ3v) is 3.97. The monoisotopic (exact) mass is 317 g/mol. The maximum Gasteiger partial charge on any atom is 0.246 e. The van der Waals surface area contributed by atoms with E-state index in [2.05, 4.69) is 37.2 Å². The van der Waals surface area contributed by atoms with Crippen LogP contribution in [0.1, 0.15) is 85.5 Å². The summed E-state index contributed by atoms with van der Waals surface area (Å²) < 4.78 is 5.14. The van der Waals surface area contributed by atoms with Crippen LogP contribution in [-0.2, 0) is 9.42 Å². The summed E-state index contributed by atoms with van der Waals surface area (Å²) in [6.07, 6.45) is 9.92. The van der Waals surface area contributed by atoms with Crippen molar-refractivity contribution in [2.75, 3.05) is 6.54 Å². The Morgan fingerprint density at radius 3 is 1.90 bits per heavy atom. The molecular formula is C17H36NO2P. The van der Waals surface area contributed by atoms with Crippen LogP contribution in [0.25, 0.3) is 0 Å². The largest absolute Gasteiger partial charge is 0.273 e. The van der Waals surface area contributed by atoms with Crippen LogP contribution in [0.15, 0.2) is 0 Å². The molecule has 4 heteroatoms. The topological polar surface area (TPSA) is 29.5 Å². The van der Waals surface area contributed by atoms with Gasteiger partial charge >= 0.3 is 0 Å². The fourth-order valence-corrected chi connectivity index (χ4v) is 2.57. The molecule has 0 bridgehead atoms. The van der Waals surface area contributed by atoms with Crippen LogP contribution in [0.3, 0.4) is 0 Å². The van der Waals surface area contributed by atoms with Crippen molar-refractivity contribution < 1.29 is 9.42 Å². The first-order valence-electron chi connectivity index (χ1n) is 8.64. The smallest absolute Gasteiger partial charge is 0.246 e. The van der Waals surface area contributed by atoms with Crippen LogP contribution in [0.5, 0.6) is 0 Å². The molecule has 1 unspecified atom stereocenters. The van der Waals surface area contributed by atoms with Gasteiger partial charge in [-0.15, -0.1) is 0 Å². The second-order valence-corrected chi connectivity index (χ2v) is 7.05. The SMILES string of the molecule is CC(C)CCCCCC(=O)N(CCCCCC(C)C)OP. The molecular weight excluding hydrogens is 281 g/mol. The third kappa shape index (κ3) is 13.3. The van der Waals surface area contributed by atoms with E-state index in [1.54, 1.807) is 0 Å². The van der Waals surface area contributed by atoms with Crippen molar-refractivity contribution >= 4 is 15.4 Å². The molecule has 0 fully saturated rings. The van der Waals surface area contributed by atoms with Crippen molar-refractivity contribution in [1.82, 2.24) is 5.06 Å². The highest BCUT2D eigenvalue weighted by Gasteiger charge is 2.12. The zero-order valence-corrected chi connectivity index (χ0v) is 15.7. The second kappa shape index (κ2) is 13.5. The summed E-state index contributed by atoms with van der Waals surface area (Å²) >= 11 is 0. The summed E-state index contributed by atoms with van der Waals surface area (Å²) in [5.41, 5.74) is 0. The van der Waals surface area contributed by atoms with Crippen molar-refractivity contribution in [3.05, 3.63) is 0 Å². The van der Waals surface area contributed by atoms with E-state index in [0.29, 0.717) is 13.0 Å². The third-order valence-electron chi connectivity index (χ3n) is 3.72. The zero-order chi connectivity index (χ0) is 16.1. The fourth-order valence-electron chi connectivity index (χ4n) is 2.35. The van der Waals surface area contributed by atoms with E-state index in [0.717, 1.165) is 31.1 Å². The number of hydrogen-bond donors (Lipinski definition) is 0. The first kappa shape index (κ1) is 20.9. The molecule has 0 aliphatic carbocycles. The Morgan fingerprint density at radius 2 is 1.43 bits per heavy atom. The van der Waals surface area contributed by atoms with E-state index in [-0.39, 0.29) is 5.91 Å². The number of nitrogens with zero attached hydrogens (tertiary/aromatic N) is 1. The number of amides is 1. The summed E-state index contributed by atoms with van der Waals surface area (Å²) in [5, 5.41) is 1.52. The van der Waals surface area contributed by atoms with Gasteiger partial charge in [-0.05, 0) is 24.7 Å². The van der Waals surface area contributed by atoms with Crippen LogP contribution in [0.4, 0.5) is 0 Å². The van der Waals surface area contributed by atoms with Gasteiger partial charge in [0, 0.05) is 22.4 Å². The lowest BCUT2D eigenvalue weighted by molar-refractivity contribution is -0.155. The first-order chi connectivity index (χ1) is 9.97. The van der Waals surface area contributed by atoms with Crippen molar-refractivity contribution in [1.29, 1.82) is 0 Å². The van der Waals surface area contributed by atoms with Gasteiger partial charge in [-0.2, -0.15) is 0 Å². The van der Waals surface area contributed by atoms with Gasteiger partial charge in [0.2, 0.25) is 5.91 Å². The Kier molecular flexibility index (Phi) is 13.4. The predicted molar refractivity (Wildman–Crippen MR) is 93.7 cm³/mol. The summed E-state index contributed by atoms with van der Waals surface area (Å²) in [5.74, 6) is 1.66. The normalized spacial score (nSPS) is 11.4. The van der Waals surface area contributed by atoms with Gasteiger partial charge in [0.1, 0.15) is 0 Å². The second-order valence-electron chi connectivity index (χ2n) is 6.84. The molecule has 0 saturated carbocycles. The average Bonchev–Trinajstić information content (AvgIpc) is 2.41. The molecule has 126 valence electrons. The average molecular weight is 317 g/mol. The highest BCUT2D eigenvalue weighted by Crippen LogP contribution is 2.13. The molecule has 0 aromatic carbocycles. The standard InChI is InChI=1S/C17H36NO2P/c1-15(2)11-7-5-9-13-17(19)18(20-21)14-10-6-8-12-16(3)4/h15-16H,5-14,21H2,1-4H3. The lowest BCUT2D eigenvalue weighted by Gasteiger charge is -2.19. The highest BCUT2D eigenvalue weighted by molar-refractivity contribution is 7.09. The highest BCUT2D eigenvalue weighted by atomic mass is 31.0. The molecule has 0 radical (unpaired) electrons. The Bertz CT molecular complexity index is 257.